The molecule has 0 saturated heterocycles. The third kappa shape index (κ3) is 5.40. The van der Waals surface area contributed by atoms with E-state index < -0.39 is 17.1 Å². The Kier molecular flexibility index (Phi) is 5.65. The van der Waals surface area contributed by atoms with Crippen molar-refractivity contribution in [3.63, 3.8) is 0 Å². The minimum Gasteiger partial charge on any atom is -0.480 e. The summed E-state index contributed by atoms with van der Waals surface area (Å²) in [4.78, 5) is 25.9. The first-order valence-corrected chi connectivity index (χ1v) is 6.96. The fourth-order valence-corrected chi connectivity index (χ4v) is 2.09. The molecule has 0 fully saturated rings. The topological polar surface area (TPSA) is 102 Å². The number of nitrogens with one attached hydrogen (secondary N) is 1. The van der Waals surface area contributed by atoms with Crippen molar-refractivity contribution in [1.29, 1.82) is 0 Å². The molecule has 2 aromatic rings. The van der Waals surface area contributed by atoms with E-state index in [1.54, 1.807) is 12.1 Å². The Morgan fingerprint density at radius 1 is 1.13 bits per heavy atom. The summed E-state index contributed by atoms with van der Waals surface area (Å²) in [7, 11) is 0. The van der Waals surface area contributed by atoms with E-state index in [2.05, 4.69) is 10.2 Å². The molecule has 0 heterocycles. The molecule has 0 aliphatic carbocycles. The number of hydrogen-bond acceptors (Lipinski definition) is 5. The van der Waals surface area contributed by atoms with Crippen LogP contribution in [0.5, 0.6) is 5.75 Å². The van der Waals surface area contributed by atoms with E-state index in [9.17, 15) is 20.0 Å². The summed E-state index contributed by atoms with van der Waals surface area (Å²) < 4.78 is 0. The molecule has 2 rings (SSSR count). The number of rotatable bonds is 8. The van der Waals surface area contributed by atoms with Crippen molar-refractivity contribution in [1.82, 2.24) is 5.32 Å². The molecular weight excluding hydrogens is 300 g/mol. The van der Waals surface area contributed by atoms with Crippen LogP contribution >= 0.6 is 0 Å². The summed E-state index contributed by atoms with van der Waals surface area (Å²) in [6.45, 7) is 0.445. The SMILES string of the molecule is O=C(O)[C@H](Cc1ccc(O[N+](=O)[O-])cc1)NCc1ccccc1. The Bertz CT molecular complexity index is 658. The highest BCUT2D eigenvalue weighted by Crippen LogP contribution is 2.14. The maximum Gasteiger partial charge on any atom is 0.321 e. The smallest absolute Gasteiger partial charge is 0.321 e. The van der Waals surface area contributed by atoms with Crippen molar-refractivity contribution >= 4 is 5.97 Å². The fourth-order valence-electron chi connectivity index (χ4n) is 2.09. The van der Waals surface area contributed by atoms with Gasteiger partial charge in [-0.3, -0.25) is 9.63 Å². The van der Waals surface area contributed by atoms with Crippen LogP contribution in [0.2, 0.25) is 0 Å². The van der Waals surface area contributed by atoms with Crippen LogP contribution in [0.15, 0.2) is 54.6 Å². The van der Waals surface area contributed by atoms with E-state index >= 15 is 0 Å². The predicted molar refractivity (Wildman–Crippen MR) is 82.5 cm³/mol. The lowest BCUT2D eigenvalue weighted by molar-refractivity contribution is -0.711. The lowest BCUT2D eigenvalue weighted by Crippen LogP contribution is -2.38. The van der Waals surface area contributed by atoms with E-state index in [0.717, 1.165) is 11.1 Å². The number of carbonyl (C=O) groups is 1. The number of carboxylic acid groups (broad SMARTS) is 1. The van der Waals surface area contributed by atoms with Gasteiger partial charge in [-0.2, -0.15) is 0 Å². The Morgan fingerprint density at radius 2 is 1.78 bits per heavy atom. The Balaban J connectivity index is 1.96. The minimum absolute atomic E-state index is 0.0999. The fraction of sp³-hybridized carbons (Fsp3) is 0.188. The van der Waals surface area contributed by atoms with Crippen molar-refractivity contribution in [2.45, 2.75) is 19.0 Å². The first-order valence-electron chi connectivity index (χ1n) is 6.96. The largest absolute Gasteiger partial charge is 0.480 e. The minimum atomic E-state index is -0.952. The number of aliphatic carboxylic acids is 1. The highest BCUT2D eigenvalue weighted by atomic mass is 17.0. The Hall–Kier alpha value is -2.93. The van der Waals surface area contributed by atoms with E-state index in [-0.39, 0.29) is 12.2 Å². The third-order valence-corrected chi connectivity index (χ3v) is 3.24. The van der Waals surface area contributed by atoms with Crippen LogP contribution in [0.1, 0.15) is 11.1 Å². The molecular formula is C16H16N2O5. The van der Waals surface area contributed by atoms with E-state index in [0.29, 0.717) is 6.54 Å². The summed E-state index contributed by atoms with van der Waals surface area (Å²) in [5.41, 5.74) is 1.74. The van der Waals surface area contributed by atoms with Crippen molar-refractivity contribution < 1.29 is 19.8 Å². The van der Waals surface area contributed by atoms with Crippen molar-refractivity contribution in [2.24, 2.45) is 0 Å². The van der Waals surface area contributed by atoms with Crippen LogP contribution < -0.4 is 10.2 Å². The first kappa shape index (κ1) is 16.4. The quantitative estimate of drug-likeness (QED) is 0.571. The lowest BCUT2D eigenvalue weighted by Gasteiger charge is -2.15. The van der Waals surface area contributed by atoms with Gasteiger partial charge in [-0.05, 0) is 29.7 Å². The molecule has 7 nitrogen and oxygen atoms in total. The Morgan fingerprint density at radius 3 is 2.35 bits per heavy atom. The highest BCUT2D eigenvalue weighted by molar-refractivity contribution is 5.73. The number of hydrogen-bond donors (Lipinski definition) is 2. The zero-order valence-electron chi connectivity index (χ0n) is 12.2. The van der Waals surface area contributed by atoms with E-state index in [1.165, 1.54) is 12.1 Å². The van der Waals surface area contributed by atoms with Crippen LogP contribution in [-0.2, 0) is 17.8 Å². The molecule has 0 spiro atoms. The average Bonchev–Trinajstić information content (AvgIpc) is 2.53. The molecule has 0 aliphatic heterocycles. The van der Waals surface area contributed by atoms with Crippen molar-refractivity contribution in [3.8, 4) is 5.75 Å². The second-order valence-electron chi connectivity index (χ2n) is 4.92. The summed E-state index contributed by atoms with van der Waals surface area (Å²) in [6, 6.07) is 14.8. The molecule has 7 heteroatoms. The van der Waals surface area contributed by atoms with Gasteiger partial charge in [-0.1, -0.05) is 42.5 Å². The molecule has 120 valence electrons. The van der Waals surface area contributed by atoms with Gasteiger partial charge in [0, 0.05) is 6.54 Å². The summed E-state index contributed by atoms with van der Waals surface area (Å²) in [5, 5.41) is 21.6. The molecule has 0 aromatic heterocycles. The predicted octanol–water partition coefficient (Wildman–Crippen LogP) is 2.04. The van der Waals surface area contributed by atoms with Crippen LogP contribution in [0.3, 0.4) is 0 Å². The lowest BCUT2D eigenvalue weighted by atomic mass is 10.1. The van der Waals surface area contributed by atoms with Crippen LogP contribution in [0, 0.1) is 10.1 Å². The second-order valence-corrected chi connectivity index (χ2v) is 4.92. The van der Waals surface area contributed by atoms with E-state index in [4.69, 9.17) is 0 Å². The molecule has 0 radical (unpaired) electrons. The number of nitrogens with zero attached hydrogens (tertiary/aromatic N) is 1. The van der Waals surface area contributed by atoms with Gasteiger partial charge in [0.25, 0.3) is 5.09 Å². The molecule has 0 bridgehead atoms. The molecule has 0 aliphatic rings. The van der Waals surface area contributed by atoms with Gasteiger partial charge in [0.05, 0.1) is 0 Å². The highest BCUT2D eigenvalue weighted by Gasteiger charge is 2.17. The Labute approximate surface area is 132 Å². The van der Waals surface area contributed by atoms with Crippen molar-refractivity contribution in [2.75, 3.05) is 0 Å². The van der Waals surface area contributed by atoms with Gasteiger partial charge in [0.15, 0.2) is 0 Å². The number of carboxylic acids is 1. The maximum atomic E-state index is 11.4. The van der Waals surface area contributed by atoms with Gasteiger partial charge in [0.1, 0.15) is 11.8 Å². The molecule has 2 N–H and O–H groups in total. The van der Waals surface area contributed by atoms with Crippen LogP contribution in [0.4, 0.5) is 0 Å². The molecule has 0 saturated carbocycles. The summed E-state index contributed by atoms with van der Waals surface area (Å²) in [5.74, 6) is -0.852. The molecule has 1 atom stereocenters. The zero-order chi connectivity index (χ0) is 16.7. The van der Waals surface area contributed by atoms with Gasteiger partial charge in [-0.25, -0.2) is 0 Å². The van der Waals surface area contributed by atoms with Crippen molar-refractivity contribution in [3.05, 3.63) is 75.8 Å². The molecule has 0 amide bonds. The van der Waals surface area contributed by atoms with Gasteiger partial charge >= 0.3 is 5.97 Å². The second kappa shape index (κ2) is 7.90. The normalized spacial score (nSPS) is 11.7. The van der Waals surface area contributed by atoms with Gasteiger partial charge in [0.2, 0.25) is 0 Å². The van der Waals surface area contributed by atoms with Crippen LogP contribution in [0.25, 0.3) is 0 Å². The molecule has 2 aromatic carbocycles. The molecule has 23 heavy (non-hydrogen) atoms. The summed E-state index contributed by atoms with van der Waals surface area (Å²) >= 11 is 0. The van der Waals surface area contributed by atoms with Crippen LogP contribution in [-0.4, -0.2) is 22.2 Å². The average molecular weight is 316 g/mol. The standard InChI is InChI=1S/C16H16N2O5/c19-16(20)15(17-11-13-4-2-1-3-5-13)10-12-6-8-14(9-7-12)23-18(21)22/h1-9,15,17H,10-11H2,(H,19,20)/t15-/m0/s1. The third-order valence-electron chi connectivity index (χ3n) is 3.24. The monoisotopic (exact) mass is 316 g/mol. The maximum absolute atomic E-state index is 11.4. The van der Waals surface area contributed by atoms with Gasteiger partial charge in [-0.15, -0.1) is 10.1 Å². The first-order chi connectivity index (χ1) is 11.0. The van der Waals surface area contributed by atoms with Gasteiger partial charge < -0.3 is 10.4 Å². The zero-order valence-corrected chi connectivity index (χ0v) is 12.2. The number of benzene rings is 2. The summed E-state index contributed by atoms with van der Waals surface area (Å²) in [6.07, 6.45) is 0.265. The molecule has 0 unspecified atom stereocenters. The van der Waals surface area contributed by atoms with E-state index in [1.807, 2.05) is 30.3 Å².